The molecule has 0 spiro atoms. The third-order valence-corrected chi connectivity index (χ3v) is 2.85. The lowest BCUT2D eigenvalue weighted by atomic mass is 10.1. The second kappa shape index (κ2) is 11.1. The molecule has 0 aliphatic heterocycles. The van der Waals surface area contributed by atoms with Crippen LogP contribution in [0.5, 0.6) is 0 Å². The standard InChI is InChI=1S/C13H26N4O3/c1-2-3-4-5-6-7-11(18)17-10(12(19)20)8-9-16-13(14)15/h10H,2-9H2,1H3,(H,17,18)(H,19,20)(H4,14,15,16)/t10-/m0/s1. The summed E-state index contributed by atoms with van der Waals surface area (Å²) in [7, 11) is 0. The first-order chi connectivity index (χ1) is 9.47. The minimum Gasteiger partial charge on any atom is -0.480 e. The molecule has 0 aromatic carbocycles. The number of amides is 1. The van der Waals surface area contributed by atoms with Crippen molar-refractivity contribution in [2.24, 2.45) is 16.5 Å². The Morgan fingerprint density at radius 3 is 2.40 bits per heavy atom. The predicted molar refractivity (Wildman–Crippen MR) is 78.2 cm³/mol. The van der Waals surface area contributed by atoms with Crippen LogP contribution in [-0.2, 0) is 9.59 Å². The monoisotopic (exact) mass is 286 g/mol. The van der Waals surface area contributed by atoms with Gasteiger partial charge < -0.3 is 21.9 Å². The Balaban J connectivity index is 3.96. The average Bonchev–Trinajstić information content (AvgIpc) is 2.36. The Hall–Kier alpha value is -1.79. The van der Waals surface area contributed by atoms with Crippen molar-refractivity contribution in [2.45, 2.75) is 57.9 Å². The van der Waals surface area contributed by atoms with Crippen LogP contribution in [-0.4, -0.2) is 35.5 Å². The number of rotatable bonds is 11. The van der Waals surface area contributed by atoms with E-state index in [-0.39, 0.29) is 24.8 Å². The first-order valence-corrected chi connectivity index (χ1v) is 7.05. The summed E-state index contributed by atoms with van der Waals surface area (Å²) in [5.74, 6) is -1.40. The zero-order valence-electron chi connectivity index (χ0n) is 12.1. The third-order valence-electron chi connectivity index (χ3n) is 2.85. The van der Waals surface area contributed by atoms with Crippen molar-refractivity contribution < 1.29 is 14.7 Å². The molecule has 1 atom stereocenters. The van der Waals surface area contributed by atoms with Gasteiger partial charge in [-0.1, -0.05) is 32.6 Å². The van der Waals surface area contributed by atoms with Crippen LogP contribution in [0.2, 0.25) is 0 Å². The predicted octanol–water partition coefficient (Wildman–Crippen LogP) is 0.580. The van der Waals surface area contributed by atoms with E-state index in [1.165, 1.54) is 0 Å². The molecule has 1 amide bonds. The fourth-order valence-corrected chi connectivity index (χ4v) is 1.74. The summed E-state index contributed by atoms with van der Waals surface area (Å²) in [5, 5.41) is 11.5. The number of carboxylic acids is 1. The molecule has 7 heteroatoms. The molecule has 6 N–H and O–H groups in total. The van der Waals surface area contributed by atoms with E-state index < -0.39 is 12.0 Å². The molecule has 20 heavy (non-hydrogen) atoms. The van der Waals surface area contributed by atoms with E-state index in [9.17, 15) is 9.59 Å². The van der Waals surface area contributed by atoms with E-state index in [1.54, 1.807) is 0 Å². The molecular weight excluding hydrogens is 260 g/mol. The van der Waals surface area contributed by atoms with Crippen molar-refractivity contribution in [3.05, 3.63) is 0 Å². The maximum absolute atomic E-state index is 11.6. The summed E-state index contributed by atoms with van der Waals surface area (Å²) >= 11 is 0. The van der Waals surface area contributed by atoms with Crippen LogP contribution in [0.4, 0.5) is 0 Å². The first kappa shape index (κ1) is 18.2. The molecule has 0 aromatic heterocycles. The van der Waals surface area contributed by atoms with E-state index in [0.29, 0.717) is 6.42 Å². The molecule has 0 unspecified atom stereocenters. The highest BCUT2D eigenvalue weighted by atomic mass is 16.4. The lowest BCUT2D eigenvalue weighted by Gasteiger charge is -2.13. The smallest absolute Gasteiger partial charge is 0.326 e. The number of nitrogens with two attached hydrogens (primary N) is 2. The van der Waals surface area contributed by atoms with Crippen LogP contribution in [0.1, 0.15) is 51.9 Å². The van der Waals surface area contributed by atoms with Gasteiger partial charge >= 0.3 is 5.97 Å². The van der Waals surface area contributed by atoms with E-state index in [1.807, 2.05) is 0 Å². The van der Waals surface area contributed by atoms with E-state index in [0.717, 1.165) is 32.1 Å². The van der Waals surface area contributed by atoms with E-state index in [2.05, 4.69) is 17.2 Å². The fourth-order valence-electron chi connectivity index (χ4n) is 1.74. The van der Waals surface area contributed by atoms with Crippen molar-refractivity contribution in [2.75, 3.05) is 6.54 Å². The van der Waals surface area contributed by atoms with Gasteiger partial charge in [-0.05, 0) is 12.8 Å². The Bertz CT molecular complexity index is 328. The number of carbonyl (C=O) groups is 2. The van der Waals surface area contributed by atoms with Crippen LogP contribution >= 0.6 is 0 Å². The minimum absolute atomic E-state index is 0.0867. The second-order valence-corrected chi connectivity index (χ2v) is 4.72. The number of carbonyl (C=O) groups excluding carboxylic acids is 1. The summed E-state index contributed by atoms with van der Waals surface area (Å²) < 4.78 is 0. The molecule has 0 aromatic rings. The number of carboxylic acid groups (broad SMARTS) is 1. The Labute approximate surface area is 119 Å². The Morgan fingerprint density at radius 2 is 1.85 bits per heavy atom. The highest BCUT2D eigenvalue weighted by Gasteiger charge is 2.18. The molecule has 0 aliphatic carbocycles. The number of unbranched alkanes of at least 4 members (excludes halogenated alkanes) is 4. The van der Waals surface area contributed by atoms with E-state index in [4.69, 9.17) is 16.6 Å². The molecule has 0 aliphatic rings. The quantitative estimate of drug-likeness (QED) is 0.251. The zero-order valence-corrected chi connectivity index (χ0v) is 12.1. The van der Waals surface area contributed by atoms with Gasteiger partial charge in [0.2, 0.25) is 5.91 Å². The van der Waals surface area contributed by atoms with E-state index >= 15 is 0 Å². The van der Waals surface area contributed by atoms with Gasteiger partial charge in [-0.15, -0.1) is 0 Å². The number of hydrogen-bond acceptors (Lipinski definition) is 3. The Kier molecular flexibility index (Phi) is 10.1. The maximum atomic E-state index is 11.6. The highest BCUT2D eigenvalue weighted by Crippen LogP contribution is 2.05. The van der Waals surface area contributed by atoms with Crippen LogP contribution in [0.15, 0.2) is 4.99 Å². The van der Waals surface area contributed by atoms with Crippen molar-refractivity contribution in [3.63, 3.8) is 0 Å². The summed E-state index contributed by atoms with van der Waals surface area (Å²) in [6.07, 6.45) is 5.73. The number of guanidine groups is 1. The second-order valence-electron chi connectivity index (χ2n) is 4.72. The molecular formula is C13H26N4O3. The van der Waals surface area contributed by atoms with Gasteiger partial charge in [0.25, 0.3) is 0 Å². The number of hydrogen-bond donors (Lipinski definition) is 4. The fraction of sp³-hybridized carbons (Fsp3) is 0.769. The molecule has 0 rings (SSSR count). The summed E-state index contributed by atoms with van der Waals surface area (Å²) in [4.78, 5) is 26.3. The molecule has 0 radical (unpaired) electrons. The van der Waals surface area contributed by atoms with Crippen molar-refractivity contribution in [3.8, 4) is 0 Å². The molecule has 0 fully saturated rings. The molecule has 0 bridgehead atoms. The van der Waals surface area contributed by atoms with Crippen LogP contribution < -0.4 is 16.8 Å². The summed E-state index contributed by atoms with van der Waals surface area (Å²) in [6, 6.07) is -0.943. The lowest BCUT2D eigenvalue weighted by molar-refractivity contribution is -0.142. The number of aliphatic carboxylic acids is 1. The van der Waals surface area contributed by atoms with Gasteiger partial charge in [0, 0.05) is 13.0 Å². The normalized spacial score (nSPS) is 11.7. The van der Waals surface area contributed by atoms with Crippen LogP contribution in [0.25, 0.3) is 0 Å². The largest absolute Gasteiger partial charge is 0.480 e. The zero-order chi connectivity index (χ0) is 15.4. The van der Waals surface area contributed by atoms with Gasteiger partial charge in [-0.2, -0.15) is 0 Å². The molecule has 7 nitrogen and oxygen atoms in total. The molecule has 0 heterocycles. The van der Waals surface area contributed by atoms with Crippen molar-refractivity contribution in [1.82, 2.24) is 5.32 Å². The number of nitrogens with one attached hydrogen (secondary N) is 1. The SMILES string of the molecule is CCCCCCCC(=O)N[C@@H](CCN=C(N)N)C(=O)O. The lowest BCUT2D eigenvalue weighted by Crippen LogP contribution is -2.41. The van der Waals surface area contributed by atoms with Gasteiger partial charge in [0.1, 0.15) is 6.04 Å². The summed E-state index contributed by atoms with van der Waals surface area (Å²) in [5.41, 5.74) is 10.3. The minimum atomic E-state index is -1.07. The van der Waals surface area contributed by atoms with Crippen molar-refractivity contribution >= 4 is 17.8 Å². The van der Waals surface area contributed by atoms with Crippen LogP contribution in [0, 0.1) is 0 Å². The highest BCUT2D eigenvalue weighted by molar-refractivity contribution is 5.83. The maximum Gasteiger partial charge on any atom is 0.326 e. The first-order valence-electron chi connectivity index (χ1n) is 7.05. The van der Waals surface area contributed by atoms with Gasteiger partial charge in [0.15, 0.2) is 5.96 Å². The topological polar surface area (TPSA) is 131 Å². The summed E-state index contributed by atoms with van der Waals surface area (Å²) in [6.45, 7) is 2.30. The molecule has 0 saturated carbocycles. The number of aliphatic imine (C=N–C) groups is 1. The Morgan fingerprint density at radius 1 is 1.20 bits per heavy atom. The van der Waals surface area contributed by atoms with Crippen molar-refractivity contribution in [1.29, 1.82) is 0 Å². The average molecular weight is 286 g/mol. The molecule has 116 valence electrons. The van der Waals surface area contributed by atoms with Gasteiger partial charge in [0.05, 0.1) is 0 Å². The van der Waals surface area contributed by atoms with Gasteiger partial charge in [-0.3, -0.25) is 9.79 Å². The number of nitrogens with zero attached hydrogens (tertiary/aromatic N) is 1. The van der Waals surface area contributed by atoms with Crippen LogP contribution in [0.3, 0.4) is 0 Å². The third kappa shape index (κ3) is 10.2. The van der Waals surface area contributed by atoms with Gasteiger partial charge in [-0.25, -0.2) is 4.79 Å². The molecule has 0 saturated heterocycles.